The highest BCUT2D eigenvalue weighted by atomic mass is 16.5. The van der Waals surface area contributed by atoms with Gasteiger partial charge in [-0.15, -0.1) is 5.92 Å². The zero-order valence-electron chi connectivity index (χ0n) is 35.9. The SMILES string of the molecule is CCCCC[C@@H]1CCC[C@@]12CC[C@@H]([C@@]1(C)CC[C@@H](O)[C@]3(CCC[C@H](C)CCCc4ccccc4)C1[C@@H]1C[C@](C)(C#CCCC(=O)O1)[C@]3(O)CCC1=CC(=O)OC1)C2. The van der Waals surface area contributed by atoms with Gasteiger partial charge in [0.15, 0.2) is 0 Å². The second-order valence-electron chi connectivity index (χ2n) is 20.5. The minimum absolute atomic E-state index is 0.200. The maximum Gasteiger partial charge on any atom is 0.331 e. The second-order valence-corrected chi connectivity index (χ2v) is 20.5. The van der Waals surface area contributed by atoms with E-state index in [1.807, 2.05) is 0 Å². The summed E-state index contributed by atoms with van der Waals surface area (Å²) in [6.45, 7) is 9.48. The van der Waals surface area contributed by atoms with Crippen molar-refractivity contribution in [3.05, 3.63) is 47.5 Å². The van der Waals surface area contributed by atoms with Crippen molar-refractivity contribution in [3.8, 4) is 11.8 Å². The van der Waals surface area contributed by atoms with Gasteiger partial charge in [0.25, 0.3) is 0 Å². The summed E-state index contributed by atoms with van der Waals surface area (Å²) in [7, 11) is 0. The van der Waals surface area contributed by atoms with Crippen molar-refractivity contribution in [3.63, 3.8) is 0 Å². The number of hydrogen-bond donors (Lipinski definition) is 2. The molecular formula is C51H74O6. The largest absolute Gasteiger partial charge is 0.462 e. The summed E-state index contributed by atoms with van der Waals surface area (Å²) in [5.74, 6) is 7.92. The Bertz CT molecular complexity index is 1660. The Morgan fingerprint density at radius 2 is 1.74 bits per heavy atom. The normalized spacial score (nSPS) is 39.3. The number of cyclic esters (lactones) is 1. The van der Waals surface area contributed by atoms with Gasteiger partial charge in [-0.1, -0.05) is 102 Å². The van der Waals surface area contributed by atoms with E-state index in [1.54, 1.807) is 6.08 Å². The molecule has 7 rings (SSSR count). The summed E-state index contributed by atoms with van der Waals surface area (Å²) in [6, 6.07) is 10.7. The molecular weight excluding hydrogens is 709 g/mol. The van der Waals surface area contributed by atoms with Gasteiger partial charge in [0.1, 0.15) is 12.7 Å². The van der Waals surface area contributed by atoms with Gasteiger partial charge < -0.3 is 19.7 Å². The minimum Gasteiger partial charge on any atom is -0.462 e. The molecule has 0 aromatic heterocycles. The monoisotopic (exact) mass is 783 g/mol. The summed E-state index contributed by atoms with van der Waals surface area (Å²) in [4.78, 5) is 25.9. The number of carbonyl (C=O) groups excluding carboxylic acids is 2. The molecule has 1 aromatic rings. The van der Waals surface area contributed by atoms with Gasteiger partial charge in [0.2, 0.25) is 0 Å². The van der Waals surface area contributed by atoms with E-state index in [4.69, 9.17) is 9.47 Å². The number of fused-ring (bicyclic) bond motifs is 4. The van der Waals surface area contributed by atoms with Gasteiger partial charge in [-0.25, -0.2) is 4.79 Å². The first-order chi connectivity index (χ1) is 27.4. The average molecular weight is 783 g/mol. The molecule has 4 aliphatic carbocycles. The fourth-order valence-electron chi connectivity index (χ4n) is 14.3. The number of unbranched alkanes of at least 4 members (excludes halogenated alkanes) is 2. The number of esters is 2. The molecule has 1 unspecified atom stereocenters. The molecule has 0 radical (unpaired) electrons. The van der Waals surface area contributed by atoms with E-state index in [2.05, 4.69) is 69.9 Å². The van der Waals surface area contributed by atoms with E-state index in [0.717, 1.165) is 50.0 Å². The molecule has 6 heteroatoms. The van der Waals surface area contributed by atoms with Crippen LogP contribution in [-0.2, 0) is 25.5 Å². The lowest BCUT2D eigenvalue weighted by Crippen LogP contribution is -2.76. The number of aliphatic hydroxyl groups is 2. The molecule has 57 heavy (non-hydrogen) atoms. The van der Waals surface area contributed by atoms with Gasteiger partial charge in [-0.3, -0.25) is 4.79 Å². The molecule has 4 saturated carbocycles. The molecule has 1 spiro atoms. The van der Waals surface area contributed by atoms with Crippen LogP contribution in [0.2, 0.25) is 0 Å². The third-order valence-electron chi connectivity index (χ3n) is 17.2. The molecule has 11 atom stereocenters. The average Bonchev–Trinajstić information content (AvgIpc) is 3.94. The van der Waals surface area contributed by atoms with Crippen LogP contribution >= 0.6 is 0 Å². The van der Waals surface area contributed by atoms with E-state index in [1.165, 1.54) is 69.8 Å². The van der Waals surface area contributed by atoms with Gasteiger partial charge in [-0.2, -0.15) is 0 Å². The van der Waals surface area contributed by atoms with E-state index in [0.29, 0.717) is 55.8 Å². The molecule has 2 heterocycles. The van der Waals surface area contributed by atoms with Crippen molar-refractivity contribution in [2.24, 2.45) is 45.3 Å². The Kier molecular flexibility index (Phi) is 13.1. The first-order valence-electron chi connectivity index (χ1n) is 23.4. The van der Waals surface area contributed by atoms with Crippen molar-refractivity contribution < 1.29 is 29.3 Å². The Labute approximate surface area is 344 Å². The van der Waals surface area contributed by atoms with Gasteiger partial charge in [0.05, 0.1) is 23.5 Å². The summed E-state index contributed by atoms with van der Waals surface area (Å²) < 4.78 is 12.1. The molecule has 2 bridgehead atoms. The molecule has 4 fully saturated rings. The van der Waals surface area contributed by atoms with Crippen LogP contribution in [0.25, 0.3) is 0 Å². The summed E-state index contributed by atoms with van der Waals surface area (Å²) in [5.41, 5.74) is -0.829. The zero-order chi connectivity index (χ0) is 40.3. The number of benzene rings is 1. The summed E-state index contributed by atoms with van der Waals surface area (Å²) >= 11 is 0. The van der Waals surface area contributed by atoms with Gasteiger partial charge in [0, 0.05) is 30.3 Å². The predicted molar refractivity (Wildman–Crippen MR) is 226 cm³/mol. The Balaban J connectivity index is 1.25. The summed E-state index contributed by atoms with van der Waals surface area (Å²) in [6.07, 6.45) is 22.6. The van der Waals surface area contributed by atoms with Gasteiger partial charge in [-0.05, 0) is 130 Å². The van der Waals surface area contributed by atoms with Crippen molar-refractivity contribution in [2.75, 3.05) is 6.61 Å². The maximum absolute atomic E-state index is 14.1. The van der Waals surface area contributed by atoms with Crippen molar-refractivity contribution in [1.29, 1.82) is 0 Å². The lowest BCUT2D eigenvalue weighted by Gasteiger charge is -2.71. The van der Waals surface area contributed by atoms with Crippen LogP contribution in [0.15, 0.2) is 42.0 Å². The quantitative estimate of drug-likeness (QED) is 0.0985. The van der Waals surface area contributed by atoms with Crippen LogP contribution in [0.5, 0.6) is 0 Å². The van der Waals surface area contributed by atoms with E-state index < -0.39 is 28.6 Å². The molecule has 6 aliphatic rings. The second kappa shape index (κ2) is 17.5. The number of ether oxygens (including phenoxy) is 2. The summed E-state index contributed by atoms with van der Waals surface area (Å²) in [5, 5.41) is 27.0. The first kappa shape index (κ1) is 42.5. The Morgan fingerprint density at radius 1 is 0.930 bits per heavy atom. The smallest absolute Gasteiger partial charge is 0.331 e. The molecule has 0 saturated heterocycles. The molecule has 6 nitrogen and oxygen atoms in total. The predicted octanol–water partition coefficient (Wildman–Crippen LogP) is 10.9. The van der Waals surface area contributed by atoms with Crippen LogP contribution in [-0.4, -0.2) is 46.6 Å². The number of rotatable bonds is 16. The molecule has 1 aromatic carbocycles. The fraction of sp³-hybridized carbons (Fsp3) is 0.765. The van der Waals surface area contributed by atoms with Crippen LogP contribution in [0.3, 0.4) is 0 Å². The zero-order valence-corrected chi connectivity index (χ0v) is 35.9. The van der Waals surface area contributed by atoms with E-state index >= 15 is 0 Å². The lowest BCUT2D eigenvalue weighted by molar-refractivity contribution is -0.313. The van der Waals surface area contributed by atoms with Crippen molar-refractivity contribution >= 4 is 11.9 Å². The van der Waals surface area contributed by atoms with Crippen LogP contribution in [0, 0.1) is 57.2 Å². The number of hydrogen-bond acceptors (Lipinski definition) is 6. The topological polar surface area (TPSA) is 93.1 Å². The number of aryl methyl sites for hydroxylation is 1. The van der Waals surface area contributed by atoms with Crippen LogP contribution < -0.4 is 0 Å². The van der Waals surface area contributed by atoms with Crippen molar-refractivity contribution in [1.82, 2.24) is 0 Å². The third kappa shape index (κ3) is 8.16. The highest BCUT2D eigenvalue weighted by Gasteiger charge is 2.75. The maximum atomic E-state index is 14.1. The number of aliphatic hydroxyl groups excluding tert-OH is 1. The highest BCUT2D eigenvalue weighted by molar-refractivity contribution is 5.85. The molecule has 0 amide bonds. The molecule has 2 N–H and O–H groups in total. The fourth-order valence-corrected chi connectivity index (χ4v) is 14.3. The molecule has 314 valence electrons. The lowest BCUT2D eigenvalue weighted by atomic mass is 9.36. The highest BCUT2D eigenvalue weighted by Crippen LogP contribution is 2.73. The van der Waals surface area contributed by atoms with E-state index in [9.17, 15) is 19.8 Å². The minimum atomic E-state index is -1.39. The number of carbonyl (C=O) groups is 2. The van der Waals surface area contributed by atoms with Crippen LogP contribution in [0.4, 0.5) is 0 Å². The van der Waals surface area contributed by atoms with E-state index in [-0.39, 0.29) is 36.3 Å². The Hall–Kier alpha value is -2.62. The molecule has 2 aliphatic heterocycles. The standard InChI is InChI=1S/C51H74O6/c1-5-6-8-21-40-22-15-28-49(40)31-25-41(34-49)48(4)30-26-43(52)50(29-14-17-37(2)16-13-20-38-18-9-7-10-19-38)46(48)42-35-47(3,27-12-11-23-44(53)57-42)51(50,55)32-24-39-33-45(54)56-36-39/h7,9-10,18-19,33,37,40-43,46,52,55H,5-6,8,11,13-17,20-26,28-32,34-36H2,1-4H3/t37-,40-,41-,42+,43-,46?,47+,48-,49+,50-,51-/m1/s1. The van der Waals surface area contributed by atoms with Crippen molar-refractivity contribution in [2.45, 2.75) is 193 Å². The van der Waals surface area contributed by atoms with Gasteiger partial charge >= 0.3 is 11.9 Å². The first-order valence-corrected chi connectivity index (χ1v) is 23.4. The Morgan fingerprint density at radius 3 is 2.51 bits per heavy atom. The third-order valence-corrected chi connectivity index (χ3v) is 17.2. The van der Waals surface area contributed by atoms with Crippen LogP contribution in [0.1, 0.15) is 175 Å².